The largest absolute Gasteiger partial charge is 0.496 e. The number of hydrogen-bond donors (Lipinski definition) is 2. The van der Waals surface area contributed by atoms with E-state index in [1.54, 1.807) is 13.2 Å². The van der Waals surface area contributed by atoms with E-state index < -0.39 is 5.63 Å². The number of methoxy groups -OCH3 is 1. The predicted octanol–water partition coefficient (Wildman–Crippen LogP) is 4.82. The molecule has 4 aromatic rings. The number of carbonyl (C=O) groups is 1. The van der Waals surface area contributed by atoms with Crippen molar-refractivity contribution in [3.63, 3.8) is 0 Å². The number of H-pyrrole nitrogens is 1. The Labute approximate surface area is 192 Å². The Bertz CT molecular complexity index is 1320. The van der Waals surface area contributed by atoms with Gasteiger partial charge in [0, 0.05) is 23.9 Å². The van der Waals surface area contributed by atoms with Crippen LogP contribution in [0.3, 0.4) is 0 Å². The van der Waals surface area contributed by atoms with Crippen LogP contribution in [0, 0.1) is 12.8 Å². The molecule has 2 heterocycles. The summed E-state index contributed by atoms with van der Waals surface area (Å²) in [5.74, 6) is 1.70. The number of imidazole rings is 1. The van der Waals surface area contributed by atoms with Crippen molar-refractivity contribution in [2.24, 2.45) is 5.92 Å². The van der Waals surface area contributed by atoms with Gasteiger partial charge in [0.2, 0.25) is 5.91 Å². The number of aryl methyl sites for hydroxylation is 2. The zero-order valence-corrected chi connectivity index (χ0v) is 19.4. The molecular formula is C26H29N3O4. The molecule has 0 aliphatic rings. The Hall–Kier alpha value is -3.61. The van der Waals surface area contributed by atoms with E-state index >= 15 is 0 Å². The summed E-state index contributed by atoms with van der Waals surface area (Å²) in [7, 11) is 1.57. The van der Waals surface area contributed by atoms with Gasteiger partial charge in [-0.05, 0) is 55.0 Å². The van der Waals surface area contributed by atoms with Crippen LogP contribution in [0.4, 0.5) is 0 Å². The van der Waals surface area contributed by atoms with E-state index in [0.29, 0.717) is 30.1 Å². The van der Waals surface area contributed by atoms with Crippen LogP contribution in [0.1, 0.15) is 49.7 Å². The fourth-order valence-corrected chi connectivity index (χ4v) is 4.14. The number of nitrogens with one attached hydrogen (secondary N) is 2. The molecule has 2 N–H and O–H groups in total. The van der Waals surface area contributed by atoms with Crippen molar-refractivity contribution in [1.82, 2.24) is 15.3 Å². The van der Waals surface area contributed by atoms with Gasteiger partial charge in [-0.1, -0.05) is 26.0 Å². The number of carbonyl (C=O) groups excluding carboxylic acids is 1. The number of nitrogens with zero attached hydrogens (tertiary/aromatic N) is 1. The smallest absolute Gasteiger partial charge is 0.336 e. The van der Waals surface area contributed by atoms with Gasteiger partial charge in [-0.25, -0.2) is 9.78 Å². The first kappa shape index (κ1) is 22.6. The van der Waals surface area contributed by atoms with Crippen LogP contribution in [0.15, 0.2) is 51.7 Å². The summed E-state index contributed by atoms with van der Waals surface area (Å²) >= 11 is 0. The van der Waals surface area contributed by atoms with E-state index in [1.807, 2.05) is 37.3 Å². The lowest BCUT2D eigenvalue weighted by atomic mass is 10.0. The molecule has 2 aromatic heterocycles. The summed E-state index contributed by atoms with van der Waals surface area (Å²) in [5.41, 5.74) is 3.65. The molecule has 0 saturated carbocycles. The lowest BCUT2D eigenvalue weighted by molar-refractivity contribution is -0.122. The number of aromatic nitrogens is 2. The minimum atomic E-state index is -0.393. The first-order valence-electron chi connectivity index (χ1n) is 11.2. The molecule has 172 valence electrons. The first-order valence-corrected chi connectivity index (χ1v) is 11.2. The Morgan fingerprint density at radius 2 is 2.00 bits per heavy atom. The van der Waals surface area contributed by atoms with Crippen molar-refractivity contribution in [1.29, 1.82) is 0 Å². The topological polar surface area (TPSA) is 97.2 Å². The number of aromatic amines is 1. The van der Waals surface area contributed by atoms with Crippen LogP contribution in [0.5, 0.6) is 5.75 Å². The highest BCUT2D eigenvalue weighted by atomic mass is 16.5. The molecule has 0 spiro atoms. The van der Waals surface area contributed by atoms with Gasteiger partial charge in [-0.15, -0.1) is 0 Å². The molecule has 0 aliphatic heterocycles. The van der Waals surface area contributed by atoms with Crippen LogP contribution in [-0.4, -0.2) is 23.0 Å². The second kappa shape index (κ2) is 9.48. The first-order chi connectivity index (χ1) is 15.8. The van der Waals surface area contributed by atoms with Gasteiger partial charge in [0.15, 0.2) is 0 Å². The average Bonchev–Trinajstić information content (AvgIpc) is 3.21. The zero-order chi connectivity index (χ0) is 23.5. The Morgan fingerprint density at radius 3 is 2.73 bits per heavy atom. The van der Waals surface area contributed by atoms with E-state index in [4.69, 9.17) is 9.15 Å². The van der Waals surface area contributed by atoms with Crippen molar-refractivity contribution in [2.45, 2.75) is 46.1 Å². The summed E-state index contributed by atoms with van der Waals surface area (Å²) in [6, 6.07) is 12.8. The maximum atomic E-state index is 12.9. The number of hydrogen-bond acceptors (Lipinski definition) is 5. The predicted molar refractivity (Wildman–Crippen MR) is 129 cm³/mol. The highest BCUT2D eigenvalue weighted by Gasteiger charge is 2.20. The van der Waals surface area contributed by atoms with E-state index in [9.17, 15) is 9.59 Å². The van der Waals surface area contributed by atoms with E-state index in [1.165, 1.54) is 6.07 Å². The van der Waals surface area contributed by atoms with Crippen LogP contribution in [-0.2, 0) is 11.2 Å². The lowest BCUT2D eigenvalue weighted by Crippen LogP contribution is -2.30. The molecule has 0 aliphatic carbocycles. The fraction of sp³-hybridized carbons (Fsp3) is 0.346. The molecule has 0 unspecified atom stereocenters. The molecule has 33 heavy (non-hydrogen) atoms. The molecule has 7 heteroatoms. The van der Waals surface area contributed by atoms with Crippen LogP contribution in [0.25, 0.3) is 22.0 Å². The highest BCUT2D eigenvalue weighted by Crippen LogP contribution is 2.28. The molecule has 4 rings (SSSR count). The molecule has 1 atom stereocenters. The molecule has 0 radical (unpaired) electrons. The van der Waals surface area contributed by atoms with Crippen LogP contribution < -0.4 is 15.7 Å². The Balaban J connectivity index is 1.52. The number of para-hydroxylation sites is 2. The van der Waals surface area contributed by atoms with Crippen molar-refractivity contribution in [3.8, 4) is 5.75 Å². The van der Waals surface area contributed by atoms with Gasteiger partial charge in [0.05, 0.1) is 24.2 Å². The SMILES string of the molecule is COc1cc2oc(=O)cc(C)c2cc1CCC(=O)N[C@@H](CC(C)C)c1nc2ccccc2[nH]1. The van der Waals surface area contributed by atoms with E-state index in [0.717, 1.165) is 39.8 Å². The van der Waals surface area contributed by atoms with Crippen LogP contribution >= 0.6 is 0 Å². The van der Waals surface area contributed by atoms with Crippen molar-refractivity contribution < 1.29 is 13.9 Å². The van der Waals surface area contributed by atoms with E-state index in [-0.39, 0.29) is 11.9 Å². The zero-order valence-electron chi connectivity index (χ0n) is 19.4. The normalized spacial score (nSPS) is 12.4. The fourth-order valence-electron chi connectivity index (χ4n) is 4.14. The molecular weight excluding hydrogens is 418 g/mol. The monoisotopic (exact) mass is 447 g/mol. The number of ether oxygens (including phenoxy) is 1. The van der Waals surface area contributed by atoms with Gasteiger partial charge >= 0.3 is 5.63 Å². The van der Waals surface area contributed by atoms with E-state index in [2.05, 4.69) is 29.1 Å². The highest BCUT2D eigenvalue weighted by molar-refractivity contribution is 5.83. The standard InChI is InChI=1S/C26H29N3O4/c1-15(2)11-21(26-28-19-7-5-6-8-20(19)29-26)27-24(30)10-9-17-13-18-16(3)12-25(31)33-23(18)14-22(17)32-4/h5-8,12-15,21H,9-11H2,1-4H3,(H,27,30)(H,28,29)/t21-/m0/s1. The number of amides is 1. The summed E-state index contributed by atoms with van der Waals surface area (Å²) < 4.78 is 10.8. The van der Waals surface area contributed by atoms with Gasteiger partial charge < -0.3 is 19.5 Å². The summed E-state index contributed by atoms with van der Waals surface area (Å²) in [4.78, 5) is 32.6. The molecule has 1 amide bonds. The lowest BCUT2D eigenvalue weighted by Gasteiger charge is -2.19. The van der Waals surface area contributed by atoms with Gasteiger partial charge in [0.1, 0.15) is 17.2 Å². The Morgan fingerprint density at radius 1 is 1.21 bits per heavy atom. The third-order valence-electron chi connectivity index (χ3n) is 5.75. The maximum Gasteiger partial charge on any atom is 0.336 e. The number of fused-ring (bicyclic) bond motifs is 2. The number of rotatable bonds is 8. The third-order valence-corrected chi connectivity index (χ3v) is 5.75. The third kappa shape index (κ3) is 5.08. The molecule has 2 aromatic carbocycles. The van der Waals surface area contributed by atoms with Gasteiger partial charge in [0.25, 0.3) is 0 Å². The summed E-state index contributed by atoms with van der Waals surface area (Å²) in [6.45, 7) is 6.12. The van der Waals surface area contributed by atoms with Crippen molar-refractivity contribution in [3.05, 3.63) is 69.8 Å². The van der Waals surface area contributed by atoms with Crippen molar-refractivity contribution >= 4 is 27.9 Å². The summed E-state index contributed by atoms with van der Waals surface area (Å²) in [6.07, 6.45) is 1.58. The van der Waals surface area contributed by atoms with Crippen molar-refractivity contribution in [2.75, 3.05) is 7.11 Å². The van der Waals surface area contributed by atoms with Crippen LogP contribution in [0.2, 0.25) is 0 Å². The average molecular weight is 448 g/mol. The number of benzene rings is 2. The molecule has 0 bridgehead atoms. The minimum Gasteiger partial charge on any atom is -0.496 e. The second-order valence-electron chi connectivity index (χ2n) is 8.80. The summed E-state index contributed by atoms with van der Waals surface area (Å²) in [5, 5.41) is 3.99. The maximum absolute atomic E-state index is 12.9. The molecule has 7 nitrogen and oxygen atoms in total. The Kier molecular flexibility index (Phi) is 6.49. The second-order valence-corrected chi connectivity index (χ2v) is 8.80. The molecule has 0 saturated heterocycles. The molecule has 0 fully saturated rings. The minimum absolute atomic E-state index is 0.0560. The van der Waals surface area contributed by atoms with Gasteiger partial charge in [-0.2, -0.15) is 0 Å². The van der Waals surface area contributed by atoms with Gasteiger partial charge in [-0.3, -0.25) is 4.79 Å². The quantitative estimate of drug-likeness (QED) is 0.377.